The predicted molar refractivity (Wildman–Crippen MR) is 106 cm³/mol. The molecule has 27 heavy (non-hydrogen) atoms. The fraction of sp³-hybridized carbons (Fsp3) is 0.550. The molecule has 7 nitrogen and oxygen atoms in total. The van der Waals surface area contributed by atoms with Crippen LogP contribution in [0.25, 0.3) is 11.3 Å². The van der Waals surface area contributed by atoms with Gasteiger partial charge in [-0.1, -0.05) is 13.8 Å². The Kier molecular flexibility index (Phi) is 4.32. The molecule has 0 aliphatic carbocycles. The average Bonchev–Trinajstić information content (AvgIpc) is 3.33. The maximum Gasteiger partial charge on any atom is 0.317 e. The topological polar surface area (TPSA) is 89.1 Å². The molecule has 2 aliphatic rings. The molecule has 0 aromatic carbocycles. The van der Waals surface area contributed by atoms with Crippen molar-refractivity contribution < 1.29 is 4.79 Å². The number of nitrogen functional groups attached to an aromatic ring is 1. The number of carbonyl (C=O) groups excluding carboxylic acids is 1. The van der Waals surface area contributed by atoms with Crippen LogP contribution in [0.3, 0.4) is 0 Å². The molecule has 1 spiro atoms. The Labute approximate surface area is 159 Å². The Hall–Kier alpha value is -2.57. The van der Waals surface area contributed by atoms with Gasteiger partial charge in [0.2, 0.25) is 0 Å². The van der Waals surface area contributed by atoms with Crippen LogP contribution in [-0.4, -0.2) is 45.3 Å². The molecule has 0 bridgehead atoms. The second kappa shape index (κ2) is 6.55. The molecule has 0 saturated carbocycles. The Morgan fingerprint density at radius 3 is 2.85 bits per heavy atom. The predicted octanol–water partition coefficient (Wildman–Crippen LogP) is 2.73. The summed E-state index contributed by atoms with van der Waals surface area (Å²) in [5.41, 5.74) is 10.3. The number of nitrogens with zero attached hydrogens (tertiary/aromatic N) is 4. The number of urea groups is 1. The summed E-state index contributed by atoms with van der Waals surface area (Å²) < 4.78 is 2.11. The van der Waals surface area contributed by atoms with Crippen LogP contribution in [0.4, 0.5) is 10.6 Å². The minimum atomic E-state index is 0.0262. The third kappa shape index (κ3) is 2.95. The van der Waals surface area contributed by atoms with Gasteiger partial charge in [0.25, 0.3) is 0 Å². The van der Waals surface area contributed by atoms with E-state index in [4.69, 9.17) is 10.8 Å². The van der Waals surface area contributed by atoms with Crippen LogP contribution in [-0.2, 0) is 12.0 Å². The molecule has 144 valence electrons. The van der Waals surface area contributed by atoms with Crippen LogP contribution in [0, 0.1) is 0 Å². The van der Waals surface area contributed by atoms with Gasteiger partial charge in [-0.25, -0.2) is 9.78 Å². The first kappa shape index (κ1) is 17.8. The van der Waals surface area contributed by atoms with Crippen molar-refractivity contribution in [3.8, 4) is 11.3 Å². The summed E-state index contributed by atoms with van der Waals surface area (Å²) in [7, 11) is 0. The molecule has 2 aliphatic heterocycles. The monoisotopic (exact) mass is 368 g/mol. The molecule has 2 aromatic heterocycles. The van der Waals surface area contributed by atoms with Gasteiger partial charge < -0.3 is 16.0 Å². The fourth-order valence-corrected chi connectivity index (χ4v) is 4.42. The molecule has 3 N–H and O–H groups in total. The summed E-state index contributed by atoms with van der Waals surface area (Å²) >= 11 is 0. The number of anilines is 1. The zero-order valence-corrected chi connectivity index (χ0v) is 16.3. The largest absolute Gasteiger partial charge is 0.383 e. The molecular weight excluding hydrogens is 340 g/mol. The molecule has 4 rings (SSSR count). The summed E-state index contributed by atoms with van der Waals surface area (Å²) in [6.07, 6.45) is 3.84. The molecular formula is C20H28N6O. The van der Waals surface area contributed by atoms with E-state index in [-0.39, 0.29) is 11.4 Å². The van der Waals surface area contributed by atoms with Gasteiger partial charge >= 0.3 is 6.03 Å². The zero-order valence-electron chi connectivity index (χ0n) is 16.3. The standard InChI is InChI=1S/C20H28N6O/c1-4-22-19(27)25-7-5-20(12-25)6-8-26-17(20)10-16(24-26)14-9-15(13(2)3)18(21)23-11-14/h9-11,13H,4-8,12H2,1-3H3,(H2,21,23)(H,22,27)/t20-/m1/s1. The second-order valence-electron chi connectivity index (χ2n) is 8.03. The van der Waals surface area contributed by atoms with Crippen LogP contribution in [0.2, 0.25) is 0 Å². The number of likely N-dealkylation sites (tertiary alicyclic amines) is 1. The van der Waals surface area contributed by atoms with Gasteiger partial charge in [0.15, 0.2) is 0 Å². The Balaban J connectivity index is 1.63. The van der Waals surface area contributed by atoms with Crippen molar-refractivity contribution in [1.82, 2.24) is 25.0 Å². The summed E-state index contributed by atoms with van der Waals surface area (Å²) in [5.74, 6) is 0.907. The third-order valence-corrected chi connectivity index (χ3v) is 5.96. The third-order valence-electron chi connectivity index (χ3n) is 5.96. The number of carbonyl (C=O) groups is 1. The van der Waals surface area contributed by atoms with Crippen LogP contribution >= 0.6 is 0 Å². The number of hydrogen-bond acceptors (Lipinski definition) is 4. The fourth-order valence-electron chi connectivity index (χ4n) is 4.42. The number of hydrogen-bond donors (Lipinski definition) is 2. The van der Waals surface area contributed by atoms with Gasteiger partial charge in [-0.3, -0.25) is 4.68 Å². The van der Waals surface area contributed by atoms with Gasteiger partial charge in [0.05, 0.1) is 5.69 Å². The molecule has 4 heterocycles. The van der Waals surface area contributed by atoms with Crippen molar-refractivity contribution in [2.45, 2.75) is 51.5 Å². The number of rotatable bonds is 3. The van der Waals surface area contributed by atoms with Crippen molar-refractivity contribution in [2.75, 3.05) is 25.4 Å². The molecule has 1 atom stereocenters. The number of nitrogens with one attached hydrogen (secondary N) is 1. The minimum Gasteiger partial charge on any atom is -0.383 e. The van der Waals surface area contributed by atoms with E-state index in [0.717, 1.165) is 49.3 Å². The van der Waals surface area contributed by atoms with E-state index in [9.17, 15) is 4.79 Å². The minimum absolute atomic E-state index is 0.0262. The number of amides is 2. The van der Waals surface area contributed by atoms with Gasteiger partial charge in [0.1, 0.15) is 5.82 Å². The van der Waals surface area contributed by atoms with Crippen molar-refractivity contribution in [3.63, 3.8) is 0 Å². The van der Waals surface area contributed by atoms with E-state index in [2.05, 4.69) is 41.0 Å². The molecule has 0 radical (unpaired) electrons. The lowest BCUT2D eigenvalue weighted by molar-refractivity contribution is 0.206. The summed E-state index contributed by atoms with van der Waals surface area (Å²) in [4.78, 5) is 18.5. The Bertz CT molecular complexity index is 873. The lowest BCUT2D eigenvalue weighted by atomic mass is 9.82. The first-order valence-corrected chi connectivity index (χ1v) is 9.80. The van der Waals surface area contributed by atoms with Crippen LogP contribution < -0.4 is 11.1 Å². The maximum atomic E-state index is 12.2. The van der Waals surface area contributed by atoms with E-state index >= 15 is 0 Å². The molecule has 1 fully saturated rings. The second-order valence-corrected chi connectivity index (χ2v) is 8.03. The van der Waals surface area contributed by atoms with Gasteiger partial charge in [-0.2, -0.15) is 5.10 Å². The van der Waals surface area contributed by atoms with Crippen LogP contribution in [0.1, 0.15) is 50.8 Å². The van der Waals surface area contributed by atoms with E-state index in [1.54, 1.807) is 0 Å². The number of pyridine rings is 1. The lowest BCUT2D eigenvalue weighted by Gasteiger charge is -2.23. The average molecular weight is 368 g/mol. The molecule has 1 saturated heterocycles. The summed E-state index contributed by atoms with van der Waals surface area (Å²) in [6, 6.07) is 4.33. The van der Waals surface area contributed by atoms with Crippen molar-refractivity contribution in [3.05, 3.63) is 29.6 Å². The number of aromatic nitrogens is 3. The maximum absolute atomic E-state index is 12.2. The quantitative estimate of drug-likeness (QED) is 0.872. The van der Waals surface area contributed by atoms with Crippen LogP contribution in [0.15, 0.2) is 18.3 Å². The molecule has 0 unspecified atom stereocenters. The highest BCUT2D eigenvalue weighted by atomic mass is 16.2. The Morgan fingerprint density at radius 1 is 1.33 bits per heavy atom. The first-order chi connectivity index (χ1) is 12.9. The molecule has 7 heteroatoms. The molecule has 2 aromatic rings. The van der Waals surface area contributed by atoms with Crippen LogP contribution in [0.5, 0.6) is 0 Å². The van der Waals surface area contributed by atoms with Gasteiger partial charge in [-0.05, 0) is 43.4 Å². The highest BCUT2D eigenvalue weighted by Gasteiger charge is 2.46. The normalized spacial score (nSPS) is 21.3. The number of fused-ring (bicyclic) bond motifs is 2. The highest BCUT2D eigenvalue weighted by molar-refractivity contribution is 5.74. The highest BCUT2D eigenvalue weighted by Crippen LogP contribution is 2.43. The molecule has 2 amide bonds. The summed E-state index contributed by atoms with van der Waals surface area (Å²) in [5, 5.41) is 7.75. The first-order valence-electron chi connectivity index (χ1n) is 9.80. The lowest BCUT2D eigenvalue weighted by Crippen LogP contribution is -2.40. The Morgan fingerprint density at radius 2 is 2.11 bits per heavy atom. The number of nitrogens with two attached hydrogens (primary N) is 1. The van der Waals surface area contributed by atoms with E-state index < -0.39 is 0 Å². The van der Waals surface area contributed by atoms with Crippen molar-refractivity contribution in [2.24, 2.45) is 0 Å². The zero-order chi connectivity index (χ0) is 19.2. The van der Waals surface area contributed by atoms with Crippen molar-refractivity contribution in [1.29, 1.82) is 0 Å². The number of aryl methyl sites for hydroxylation is 1. The SMILES string of the molecule is CCNC(=O)N1CC[C@@]2(CCn3nc(-c4cnc(N)c(C(C)C)c4)cc32)C1. The van der Waals surface area contributed by atoms with E-state index in [1.165, 1.54) is 5.69 Å². The summed E-state index contributed by atoms with van der Waals surface area (Å²) in [6.45, 7) is 9.31. The van der Waals surface area contributed by atoms with Gasteiger partial charge in [0, 0.05) is 49.0 Å². The van der Waals surface area contributed by atoms with E-state index in [0.29, 0.717) is 18.3 Å². The van der Waals surface area contributed by atoms with Crippen molar-refractivity contribution >= 4 is 11.8 Å². The van der Waals surface area contributed by atoms with Gasteiger partial charge in [-0.15, -0.1) is 0 Å². The smallest absolute Gasteiger partial charge is 0.317 e. The van der Waals surface area contributed by atoms with E-state index in [1.807, 2.05) is 18.0 Å².